The first kappa shape index (κ1) is 33.7. The third kappa shape index (κ3) is 6.45. The maximum absolute atomic E-state index is 14.7. The van der Waals surface area contributed by atoms with Gasteiger partial charge in [0.05, 0.1) is 6.04 Å². The second-order valence-electron chi connectivity index (χ2n) is 14.4. The first-order chi connectivity index (χ1) is 21.9. The Hall–Kier alpha value is -3.69. The van der Waals surface area contributed by atoms with Crippen molar-refractivity contribution in [2.45, 2.75) is 103 Å². The molecule has 9 atom stereocenters. The van der Waals surface area contributed by atoms with Crippen LogP contribution < -0.4 is 16.0 Å². The van der Waals surface area contributed by atoms with Crippen LogP contribution in [0.3, 0.4) is 0 Å². The maximum atomic E-state index is 14.7. The number of ether oxygens (including phenoxy) is 1. The number of Topliss-reactive ketones (excluding diaryl/α,β-unsaturated/α-hetero) is 1. The van der Waals surface area contributed by atoms with Gasteiger partial charge in [-0.05, 0) is 78.2 Å². The Labute approximate surface area is 272 Å². The van der Waals surface area contributed by atoms with Crippen LogP contribution in [0.15, 0.2) is 36.9 Å². The number of nitrogens with one attached hydrogen (secondary N) is 3. The van der Waals surface area contributed by atoms with Gasteiger partial charge in [0.15, 0.2) is 0 Å². The van der Waals surface area contributed by atoms with Gasteiger partial charge in [-0.1, -0.05) is 71.4 Å². The van der Waals surface area contributed by atoms with Gasteiger partial charge in [0.2, 0.25) is 17.6 Å². The number of piperidine rings is 1. The molecule has 5 rings (SSSR count). The monoisotopic (exact) mass is 634 g/mol. The summed E-state index contributed by atoms with van der Waals surface area (Å²) in [5, 5.41) is 8.31. The highest BCUT2D eigenvalue weighted by Gasteiger charge is 2.70. The molecule has 46 heavy (non-hydrogen) atoms. The topological polar surface area (TPSA) is 134 Å². The molecular formula is C36H50N4O6. The lowest BCUT2D eigenvalue weighted by atomic mass is 9.86. The van der Waals surface area contributed by atoms with Gasteiger partial charge in [-0.3, -0.25) is 19.2 Å². The molecule has 1 heterocycles. The van der Waals surface area contributed by atoms with Gasteiger partial charge in [-0.25, -0.2) is 4.79 Å². The Morgan fingerprint density at radius 1 is 1.11 bits per heavy atom. The quantitative estimate of drug-likeness (QED) is 0.236. The van der Waals surface area contributed by atoms with Gasteiger partial charge in [0, 0.05) is 13.1 Å². The number of carbonyl (C=O) groups is 5. The minimum atomic E-state index is -1.01. The average Bonchev–Trinajstić information content (AvgIpc) is 3.48. The van der Waals surface area contributed by atoms with Crippen molar-refractivity contribution in [1.29, 1.82) is 0 Å². The summed E-state index contributed by atoms with van der Waals surface area (Å²) in [4.78, 5) is 69.2. The highest BCUT2D eigenvalue weighted by atomic mass is 16.6. The number of amides is 4. The van der Waals surface area contributed by atoms with Crippen molar-refractivity contribution in [3.05, 3.63) is 48.0 Å². The fraction of sp³-hybridized carbons (Fsp3) is 0.639. The number of hydrogen-bond acceptors (Lipinski definition) is 6. The molecule has 4 amide bonds. The van der Waals surface area contributed by atoms with Gasteiger partial charge in [-0.2, -0.15) is 0 Å². The van der Waals surface area contributed by atoms with Crippen LogP contribution in [0.5, 0.6) is 0 Å². The second-order valence-corrected chi connectivity index (χ2v) is 14.4. The fourth-order valence-corrected chi connectivity index (χ4v) is 8.39. The molecule has 10 heteroatoms. The van der Waals surface area contributed by atoms with Crippen LogP contribution in [0.4, 0.5) is 4.79 Å². The molecule has 3 N–H and O–H groups in total. The molecule has 0 radical (unpaired) electrons. The van der Waals surface area contributed by atoms with E-state index >= 15 is 0 Å². The minimum Gasteiger partial charge on any atom is -0.446 e. The molecule has 1 saturated heterocycles. The predicted molar refractivity (Wildman–Crippen MR) is 174 cm³/mol. The molecule has 0 aromatic heterocycles. The van der Waals surface area contributed by atoms with Crippen LogP contribution in [0.25, 0.3) is 0 Å². The van der Waals surface area contributed by atoms with Crippen molar-refractivity contribution >= 4 is 29.6 Å². The molecule has 0 spiro atoms. The zero-order chi connectivity index (χ0) is 33.3. The van der Waals surface area contributed by atoms with Crippen LogP contribution in [0.1, 0.15) is 83.8 Å². The summed E-state index contributed by atoms with van der Waals surface area (Å²) in [7, 11) is 0. The molecule has 1 aromatic rings. The van der Waals surface area contributed by atoms with Crippen LogP contribution >= 0.6 is 0 Å². The molecule has 1 aromatic carbocycles. The molecule has 3 unspecified atom stereocenters. The molecule has 2 saturated carbocycles. The van der Waals surface area contributed by atoms with Crippen molar-refractivity contribution < 1.29 is 28.7 Å². The highest BCUT2D eigenvalue weighted by Crippen LogP contribution is 2.65. The third-order valence-corrected chi connectivity index (χ3v) is 11.3. The Morgan fingerprint density at radius 2 is 1.85 bits per heavy atom. The molecule has 4 aliphatic rings. The van der Waals surface area contributed by atoms with E-state index < -0.39 is 41.8 Å². The summed E-state index contributed by atoms with van der Waals surface area (Å²) in [5.41, 5.74) is 2.13. The Kier molecular flexibility index (Phi) is 9.94. The first-order valence-corrected chi connectivity index (χ1v) is 17.0. The van der Waals surface area contributed by atoms with Gasteiger partial charge in [0.1, 0.15) is 18.2 Å². The molecular weight excluding hydrogens is 584 g/mol. The van der Waals surface area contributed by atoms with E-state index in [0.717, 1.165) is 30.4 Å². The summed E-state index contributed by atoms with van der Waals surface area (Å²) in [6, 6.07) is 5.36. The van der Waals surface area contributed by atoms with Crippen molar-refractivity contribution in [3.63, 3.8) is 0 Å². The van der Waals surface area contributed by atoms with E-state index in [2.05, 4.69) is 62.4 Å². The summed E-state index contributed by atoms with van der Waals surface area (Å²) in [6.07, 6.45) is 4.95. The normalized spacial score (nSPS) is 29.9. The van der Waals surface area contributed by atoms with Crippen molar-refractivity contribution in [2.24, 2.45) is 29.1 Å². The number of ketones is 1. The molecule has 10 nitrogen and oxygen atoms in total. The summed E-state index contributed by atoms with van der Waals surface area (Å²) in [5.74, 6) is -2.23. The average molecular weight is 635 g/mol. The lowest BCUT2D eigenvalue weighted by Gasteiger charge is -2.36. The lowest BCUT2D eigenvalue weighted by molar-refractivity contribution is -0.144. The minimum absolute atomic E-state index is 0.00246. The molecule has 3 fully saturated rings. The SMILES string of the molecule is C=CCNC(=O)C(=O)C(CCC)NC(=O)[C@@H]1[C@@H]2[C@H](CN1C(=O)[C@@H](NC(=O)O[C@H]1CCC[C@@H]1C)C1Cc3ccccc3C1C)C2(C)C. The number of nitrogens with zero attached hydrogens (tertiary/aromatic N) is 1. The zero-order valence-electron chi connectivity index (χ0n) is 27.8. The van der Waals surface area contributed by atoms with Crippen molar-refractivity contribution in [3.8, 4) is 0 Å². The van der Waals surface area contributed by atoms with E-state index in [1.165, 1.54) is 6.08 Å². The van der Waals surface area contributed by atoms with Crippen molar-refractivity contribution in [1.82, 2.24) is 20.9 Å². The van der Waals surface area contributed by atoms with E-state index in [9.17, 15) is 24.0 Å². The third-order valence-electron chi connectivity index (χ3n) is 11.3. The molecule has 250 valence electrons. The van der Waals surface area contributed by atoms with Gasteiger partial charge in [0.25, 0.3) is 5.91 Å². The summed E-state index contributed by atoms with van der Waals surface area (Å²) in [6.45, 7) is 14.3. The fourth-order valence-electron chi connectivity index (χ4n) is 8.39. The van der Waals surface area contributed by atoms with E-state index in [4.69, 9.17) is 4.74 Å². The number of carbonyl (C=O) groups excluding carboxylic acids is 5. The molecule has 0 bridgehead atoms. The van der Waals surface area contributed by atoms with Crippen LogP contribution in [0, 0.1) is 29.1 Å². The number of fused-ring (bicyclic) bond motifs is 2. The molecule has 3 aliphatic carbocycles. The standard InChI is InChI=1S/C36H50N4O6/c1-7-12-26(31(41)33(43)37-17-8-2)38-32(42)30-28-25(36(28,5)6)19-40(30)34(44)29(39-35(45)46-27-16-11-13-20(27)3)24-18-22-14-9-10-15-23(22)21(24)4/h8-10,14-15,20-21,24-30H,2,7,11-13,16-19H2,1,3-6H3,(H,37,43)(H,38,42)(H,39,45)/t20-,21?,24?,25-,26?,27-,28-,29-,30-/m0/s1. The second kappa shape index (κ2) is 13.6. The highest BCUT2D eigenvalue weighted by molar-refractivity contribution is 6.38. The number of likely N-dealkylation sites (tertiary alicyclic amines) is 1. The van der Waals surface area contributed by atoms with E-state index in [0.29, 0.717) is 19.4 Å². The van der Waals surface area contributed by atoms with Crippen LogP contribution in [0.2, 0.25) is 0 Å². The number of alkyl carbamates (subject to hydrolysis) is 1. The van der Waals surface area contributed by atoms with Gasteiger partial charge >= 0.3 is 6.09 Å². The smallest absolute Gasteiger partial charge is 0.408 e. The van der Waals surface area contributed by atoms with Crippen molar-refractivity contribution in [2.75, 3.05) is 13.1 Å². The number of benzene rings is 1. The number of rotatable bonds is 12. The Balaban J connectivity index is 1.40. The number of hydrogen-bond donors (Lipinski definition) is 3. The summed E-state index contributed by atoms with van der Waals surface area (Å²) < 4.78 is 5.85. The predicted octanol–water partition coefficient (Wildman–Crippen LogP) is 3.89. The Bertz CT molecular complexity index is 1380. The molecule has 1 aliphatic heterocycles. The van der Waals surface area contributed by atoms with Crippen LogP contribution in [-0.2, 0) is 30.3 Å². The van der Waals surface area contributed by atoms with E-state index in [-0.39, 0.29) is 60.0 Å². The van der Waals surface area contributed by atoms with E-state index in [1.807, 2.05) is 19.1 Å². The van der Waals surface area contributed by atoms with Gasteiger partial charge < -0.3 is 25.6 Å². The van der Waals surface area contributed by atoms with Crippen LogP contribution in [-0.4, -0.2) is 71.8 Å². The first-order valence-electron chi connectivity index (χ1n) is 17.0. The van der Waals surface area contributed by atoms with Gasteiger partial charge in [-0.15, -0.1) is 6.58 Å². The summed E-state index contributed by atoms with van der Waals surface area (Å²) >= 11 is 0. The Morgan fingerprint density at radius 3 is 2.50 bits per heavy atom. The zero-order valence-corrected chi connectivity index (χ0v) is 27.8. The maximum Gasteiger partial charge on any atom is 0.408 e. The van der Waals surface area contributed by atoms with E-state index in [1.54, 1.807) is 4.90 Å². The largest absolute Gasteiger partial charge is 0.446 e. The lowest BCUT2D eigenvalue weighted by Crippen LogP contribution is -2.60.